The predicted molar refractivity (Wildman–Crippen MR) is 308 cm³/mol. The zero-order valence-corrected chi connectivity index (χ0v) is 47.8. The van der Waals surface area contributed by atoms with Crippen LogP contribution in [0.3, 0.4) is 0 Å². The van der Waals surface area contributed by atoms with E-state index >= 15 is 0 Å². The highest BCUT2D eigenvalue weighted by atomic mass is 31.2. The zero-order chi connectivity index (χ0) is 46.9. The molecule has 0 aliphatic heterocycles. The van der Waals surface area contributed by atoms with E-state index in [0.717, 1.165) is 0 Å². The van der Waals surface area contributed by atoms with Crippen molar-refractivity contribution in [2.24, 2.45) is 0 Å². The fraction of sp³-hybridized carbons (Fsp3) is 1.00. The summed E-state index contributed by atoms with van der Waals surface area (Å²) < 4.78 is 0. The molecule has 0 saturated heterocycles. The molecule has 0 unspecified atom stereocenters. The van der Waals surface area contributed by atoms with Gasteiger partial charge in [-0.1, -0.05) is 336 Å². The second-order valence-electron chi connectivity index (χ2n) is 22.6. The lowest BCUT2D eigenvalue weighted by molar-refractivity contribution is 0.530. The first-order chi connectivity index (χ1) is 32.2. The minimum atomic E-state index is -0.827. The summed E-state index contributed by atoms with van der Waals surface area (Å²) in [5.41, 5.74) is 0. The average Bonchev–Trinajstić information content (AvgIpc) is 3.32. The fourth-order valence-corrected chi connectivity index (χ4v) is 16.2. The van der Waals surface area contributed by atoms with Gasteiger partial charge in [0.1, 0.15) is 0 Å². The van der Waals surface area contributed by atoms with Gasteiger partial charge in [0.25, 0.3) is 0 Å². The van der Waals surface area contributed by atoms with E-state index in [9.17, 15) is 0 Å². The van der Waals surface area contributed by atoms with Crippen molar-refractivity contribution in [1.82, 2.24) is 0 Å². The highest BCUT2D eigenvalue weighted by Gasteiger charge is 2.35. The third-order valence-corrected chi connectivity index (χ3v) is 21.0. The van der Waals surface area contributed by atoms with Gasteiger partial charge in [0.15, 0.2) is 0 Å². The molecule has 0 bridgehead atoms. The monoisotopic (exact) mass is 932 g/mol. The Kier molecular flexibility index (Phi) is 59.1. The van der Waals surface area contributed by atoms with E-state index in [0.29, 0.717) is 0 Å². The van der Waals surface area contributed by atoms with Gasteiger partial charge in [-0.15, -0.1) is 0 Å². The van der Waals surface area contributed by atoms with E-state index in [1.165, 1.54) is 334 Å². The van der Waals surface area contributed by atoms with Gasteiger partial charge in [-0.05, 0) is 51.4 Å². The molecule has 0 radical (unpaired) electrons. The Morgan fingerprint density at radius 1 is 0.123 bits per heavy atom. The lowest BCUT2D eigenvalue weighted by Crippen LogP contribution is -2.13. The molecule has 0 fully saturated rings. The number of hydrogen-bond acceptors (Lipinski definition) is 0. The Morgan fingerprint density at radius 2 is 0.215 bits per heavy atom. The lowest BCUT2D eigenvalue weighted by atomic mass is 10.0. The molecule has 0 heterocycles. The summed E-state index contributed by atoms with van der Waals surface area (Å²) in [6, 6.07) is 0. The minimum Gasteiger partial charge on any atom is -0.0654 e. The van der Waals surface area contributed by atoms with Gasteiger partial charge in [-0.25, -0.2) is 0 Å². The molecule has 0 saturated carbocycles. The summed E-state index contributed by atoms with van der Waals surface area (Å²) in [5.74, 6) is 0. The average molecular weight is 933 g/mol. The predicted octanol–water partition coefficient (Wildman–Crippen LogP) is 24.9. The van der Waals surface area contributed by atoms with Gasteiger partial charge in [-0.3, -0.25) is 0 Å². The van der Waals surface area contributed by atoms with Crippen molar-refractivity contribution in [3.8, 4) is 0 Å². The van der Waals surface area contributed by atoms with Gasteiger partial charge < -0.3 is 0 Å². The van der Waals surface area contributed by atoms with E-state index < -0.39 is 7.26 Å². The van der Waals surface area contributed by atoms with Crippen molar-refractivity contribution in [3.63, 3.8) is 0 Å². The van der Waals surface area contributed by atoms with Crippen molar-refractivity contribution < 1.29 is 0 Å². The Balaban J connectivity index is 4.79. The largest absolute Gasteiger partial charge is 0.0654 e. The standard InChI is InChI=1S/C64H132P/c1-5-9-13-17-21-25-28-31-34-37-40-43-46-50-54-58-62-65(61-57-53-49-24-20-16-12-8-4,63-59-55-51-47-44-41-38-35-32-29-26-22-18-14-10-6-2)64-60-56-52-48-45-42-39-36-33-30-27-23-19-15-11-7-3/h5-64H2,1-4H3/q+1. The molecule has 0 N–H and O–H groups in total. The molecule has 0 amide bonds. The van der Waals surface area contributed by atoms with E-state index in [1.807, 2.05) is 0 Å². The van der Waals surface area contributed by atoms with Crippen LogP contribution in [0, 0.1) is 0 Å². The highest BCUT2D eigenvalue weighted by Crippen LogP contribution is 2.61. The number of rotatable bonds is 60. The summed E-state index contributed by atoms with van der Waals surface area (Å²) in [6.07, 6.45) is 90.3. The summed E-state index contributed by atoms with van der Waals surface area (Å²) in [5, 5.41) is 0. The molecule has 65 heavy (non-hydrogen) atoms. The molecule has 0 spiro atoms. The first kappa shape index (κ1) is 65.4. The molecule has 0 nitrogen and oxygen atoms in total. The second-order valence-corrected chi connectivity index (χ2v) is 27.1. The van der Waals surface area contributed by atoms with Crippen LogP contribution in [0.15, 0.2) is 0 Å². The Morgan fingerprint density at radius 3 is 0.323 bits per heavy atom. The first-order valence-corrected chi connectivity index (χ1v) is 34.6. The lowest BCUT2D eigenvalue weighted by Gasteiger charge is -2.28. The third-order valence-electron chi connectivity index (χ3n) is 15.9. The van der Waals surface area contributed by atoms with Gasteiger partial charge in [0.2, 0.25) is 0 Å². The van der Waals surface area contributed by atoms with Crippen LogP contribution >= 0.6 is 7.26 Å². The molecule has 0 aliphatic rings. The normalized spacial score (nSPS) is 12.0. The van der Waals surface area contributed by atoms with E-state index in [1.54, 1.807) is 50.3 Å². The van der Waals surface area contributed by atoms with Crippen LogP contribution in [0.2, 0.25) is 0 Å². The topological polar surface area (TPSA) is 0 Å². The molecule has 0 aromatic heterocycles. The second kappa shape index (κ2) is 58.7. The quantitative estimate of drug-likeness (QED) is 0.0421. The SMILES string of the molecule is CCCCCCCCCCCCCCCCCC[P+](CCCCCCCCCC)(CCCCCCCCCCCCCCCCCC)CCCCCCCCCCCCCCCCCC. The van der Waals surface area contributed by atoms with Gasteiger partial charge >= 0.3 is 0 Å². The molecular weight excluding hydrogens is 800 g/mol. The van der Waals surface area contributed by atoms with E-state index in [2.05, 4.69) is 27.7 Å². The number of hydrogen-bond donors (Lipinski definition) is 0. The van der Waals surface area contributed by atoms with Gasteiger partial charge in [0, 0.05) is 7.26 Å². The van der Waals surface area contributed by atoms with Crippen molar-refractivity contribution in [1.29, 1.82) is 0 Å². The Labute approximate surface area is 417 Å². The first-order valence-electron chi connectivity index (χ1n) is 32.1. The summed E-state index contributed by atoms with van der Waals surface area (Å²) in [4.78, 5) is 0. The molecule has 0 aromatic carbocycles. The van der Waals surface area contributed by atoms with Crippen molar-refractivity contribution in [3.05, 3.63) is 0 Å². The van der Waals surface area contributed by atoms with E-state index in [-0.39, 0.29) is 0 Å². The highest BCUT2D eigenvalue weighted by molar-refractivity contribution is 7.75. The summed E-state index contributed by atoms with van der Waals surface area (Å²) in [7, 11) is -0.827. The van der Waals surface area contributed by atoms with Crippen LogP contribution in [0.25, 0.3) is 0 Å². The van der Waals surface area contributed by atoms with Crippen LogP contribution < -0.4 is 0 Å². The van der Waals surface area contributed by atoms with Crippen LogP contribution in [0.5, 0.6) is 0 Å². The Bertz CT molecular complexity index is 715. The van der Waals surface area contributed by atoms with Crippen molar-refractivity contribution >= 4 is 7.26 Å². The van der Waals surface area contributed by atoms with Crippen LogP contribution in [0.4, 0.5) is 0 Å². The summed E-state index contributed by atoms with van der Waals surface area (Å²) in [6.45, 7) is 9.35. The smallest absolute Gasteiger partial charge is 0.0594 e. The van der Waals surface area contributed by atoms with Gasteiger partial charge in [-0.2, -0.15) is 0 Å². The third kappa shape index (κ3) is 53.6. The van der Waals surface area contributed by atoms with E-state index in [4.69, 9.17) is 0 Å². The molecule has 0 aliphatic carbocycles. The maximum absolute atomic E-state index is 2.36. The molecule has 1 heteroatoms. The number of unbranched alkanes of at least 4 members (excludes halogenated alkanes) is 52. The maximum Gasteiger partial charge on any atom is 0.0594 e. The maximum atomic E-state index is 2.36. The van der Waals surface area contributed by atoms with Crippen LogP contribution in [0.1, 0.15) is 387 Å². The van der Waals surface area contributed by atoms with Crippen molar-refractivity contribution in [2.75, 3.05) is 24.6 Å². The minimum absolute atomic E-state index is 0.827. The molecule has 0 aromatic rings. The van der Waals surface area contributed by atoms with Crippen LogP contribution in [-0.2, 0) is 0 Å². The molecule has 0 rings (SSSR count). The van der Waals surface area contributed by atoms with Crippen LogP contribution in [-0.4, -0.2) is 24.6 Å². The zero-order valence-electron chi connectivity index (χ0n) is 46.9. The Hall–Kier alpha value is 0.430. The molecular formula is C64H132P+. The molecule has 0 atom stereocenters. The molecule has 392 valence electrons. The summed E-state index contributed by atoms with van der Waals surface area (Å²) >= 11 is 0. The fourth-order valence-electron chi connectivity index (χ4n) is 11.2. The van der Waals surface area contributed by atoms with Crippen molar-refractivity contribution in [2.45, 2.75) is 387 Å². The van der Waals surface area contributed by atoms with Gasteiger partial charge in [0.05, 0.1) is 24.6 Å².